The van der Waals surface area contributed by atoms with Crippen molar-refractivity contribution in [2.24, 2.45) is 0 Å². The summed E-state index contributed by atoms with van der Waals surface area (Å²) in [5, 5.41) is 16.5. The molecule has 0 radical (unpaired) electrons. The van der Waals surface area contributed by atoms with Crippen molar-refractivity contribution >= 4 is 17.9 Å². The first-order valence-electron chi connectivity index (χ1n) is 6.06. The third-order valence-electron chi connectivity index (χ3n) is 2.27. The second-order valence-corrected chi connectivity index (χ2v) is 4.07. The molecule has 1 heterocycles. The van der Waals surface area contributed by atoms with Gasteiger partial charge in [0.05, 0.1) is 6.54 Å². The molecule has 9 nitrogen and oxygen atoms in total. The summed E-state index contributed by atoms with van der Waals surface area (Å²) >= 11 is 0. The van der Waals surface area contributed by atoms with Gasteiger partial charge in [0.1, 0.15) is 0 Å². The monoisotopic (exact) mass is 284 g/mol. The van der Waals surface area contributed by atoms with Crippen molar-refractivity contribution in [3.8, 4) is 0 Å². The number of urea groups is 1. The van der Waals surface area contributed by atoms with Gasteiger partial charge < -0.3 is 14.9 Å². The van der Waals surface area contributed by atoms with Gasteiger partial charge in [-0.05, 0) is 19.8 Å². The van der Waals surface area contributed by atoms with Gasteiger partial charge in [0.25, 0.3) is 0 Å². The standard InChI is InChI=1S/C11H16N4O5/c1-7-13-9(20-15-7)6-12-11(19)14-8(16)4-2-3-5-10(17)18/h2-6H2,1H3,(H,17,18)(H2,12,14,16,19). The van der Waals surface area contributed by atoms with E-state index in [0.29, 0.717) is 18.7 Å². The van der Waals surface area contributed by atoms with E-state index in [2.05, 4.69) is 20.8 Å². The molecule has 110 valence electrons. The van der Waals surface area contributed by atoms with Crippen molar-refractivity contribution in [3.63, 3.8) is 0 Å². The van der Waals surface area contributed by atoms with Crippen LogP contribution in [0.25, 0.3) is 0 Å². The van der Waals surface area contributed by atoms with Gasteiger partial charge in [0.15, 0.2) is 5.82 Å². The highest BCUT2D eigenvalue weighted by Crippen LogP contribution is 1.99. The van der Waals surface area contributed by atoms with E-state index in [1.165, 1.54) is 0 Å². The van der Waals surface area contributed by atoms with E-state index in [-0.39, 0.29) is 25.3 Å². The number of carbonyl (C=O) groups is 3. The summed E-state index contributed by atoms with van der Waals surface area (Å²) in [5.41, 5.74) is 0. The van der Waals surface area contributed by atoms with E-state index >= 15 is 0 Å². The molecule has 0 saturated heterocycles. The van der Waals surface area contributed by atoms with Gasteiger partial charge in [0.2, 0.25) is 11.8 Å². The van der Waals surface area contributed by atoms with Crippen LogP contribution in [0.15, 0.2) is 4.52 Å². The van der Waals surface area contributed by atoms with Crippen LogP contribution in [0.5, 0.6) is 0 Å². The van der Waals surface area contributed by atoms with Gasteiger partial charge in [-0.25, -0.2) is 4.79 Å². The maximum Gasteiger partial charge on any atom is 0.321 e. The molecule has 0 unspecified atom stereocenters. The Hall–Kier alpha value is -2.45. The van der Waals surface area contributed by atoms with Gasteiger partial charge in [0, 0.05) is 12.8 Å². The van der Waals surface area contributed by atoms with Gasteiger partial charge in [-0.2, -0.15) is 4.98 Å². The Bertz CT molecular complexity index is 485. The smallest absolute Gasteiger partial charge is 0.321 e. The number of rotatable bonds is 7. The first-order chi connectivity index (χ1) is 9.47. The number of hydrogen-bond acceptors (Lipinski definition) is 6. The van der Waals surface area contributed by atoms with Crippen LogP contribution in [-0.2, 0) is 16.1 Å². The van der Waals surface area contributed by atoms with Gasteiger partial charge in [-0.15, -0.1) is 0 Å². The van der Waals surface area contributed by atoms with Crippen LogP contribution < -0.4 is 10.6 Å². The molecule has 20 heavy (non-hydrogen) atoms. The molecule has 0 aliphatic carbocycles. The van der Waals surface area contributed by atoms with Crippen molar-refractivity contribution in [1.82, 2.24) is 20.8 Å². The molecule has 0 atom stereocenters. The fourth-order valence-electron chi connectivity index (χ4n) is 1.36. The molecule has 0 saturated carbocycles. The minimum Gasteiger partial charge on any atom is -0.481 e. The van der Waals surface area contributed by atoms with Crippen molar-refractivity contribution in [2.75, 3.05) is 0 Å². The van der Waals surface area contributed by atoms with Crippen molar-refractivity contribution in [1.29, 1.82) is 0 Å². The first kappa shape index (κ1) is 15.6. The number of carboxylic acid groups (broad SMARTS) is 1. The van der Waals surface area contributed by atoms with Crippen LogP contribution in [0.3, 0.4) is 0 Å². The number of carboxylic acids is 1. The number of amides is 3. The molecule has 0 aromatic carbocycles. The second kappa shape index (κ2) is 7.87. The molecule has 1 aromatic rings. The largest absolute Gasteiger partial charge is 0.481 e. The lowest BCUT2D eigenvalue weighted by molar-refractivity contribution is -0.137. The predicted octanol–water partition coefficient (Wildman–Crippen LogP) is 0.349. The summed E-state index contributed by atoms with van der Waals surface area (Å²) in [4.78, 5) is 36.8. The average Bonchev–Trinajstić information content (AvgIpc) is 2.78. The van der Waals surface area contributed by atoms with E-state index in [4.69, 9.17) is 9.63 Å². The average molecular weight is 284 g/mol. The molecule has 0 spiro atoms. The van der Waals surface area contributed by atoms with Crippen LogP contribution in [0, 0.1) is 6.92 Å². The van der Waals surface area contributed by atoms with Crippen molar-refractivity contribution < 1.29 is 24.0 Å². The summed E-state index contributed by atoms with van der Waals surface area (Å²) in [5.74, 6) is -0.670. The third-order valence-corrected chi connectivity index (χ3v) is 2.27. The van der Waals surface area contributed by atoms with Crippen LogP contribution in [0.2, 0.25) is 0 Å². The number of carbonyl (C=O) groups excluding carboxylic acids is 2. The summed E-state index contributed by atoms with van der Waals surface area (Å²) in [7, 11) is 0. The summed E-state index contributed by atoms with van der Waals surface area (Å²) < 4.78 is 4.78. The number of imide groups is 1. The lowest BCUT2D eigenvalue weighted by Gasteiger charge is -2.04. The fourth-order valence-corrected chi connectivity index (χ4v) is 1.36. The Morgan fingerprint density at radius 1 is 1.25 bits per heavy atom. The zero-order valence-corrected chi connectivity index (χ0v) is 11.0. The Labute approximate surface area is 114 Å². The predicted molar refractivity (Wildman–Crippen MR) is 65.5 cm³/mol. The van der Waals surface area contributed by atoms with Crippen LogP contribution >= 0.6 is 0 Å². The maximum absolute atomic E-state index is 11.3. The first-order valence-corrected chi connectivity index (χ1v) is 6.06. The lowest BCUT2D eigenvalue weighted by Crippen LogP contribution is -2.39. The topological polar surface area (TPSA) is 134 Å². The molecule has 1 rings (SSSR count). The molecular weight excluding hydrogens is 268 g/mol. The van der Waals surface area contributed by atoms with Gasteiger partial charge in [-0.3, -0.25) is 14.9 Å². The number of aliphatic carboxylic acids is 1. The number of hydrogen-bond donors (Lipinski definition) is 3. The summed E-state index contributed by atoms with van der Waals surface area (Å²) in [6, 6.07) is -0.663. The third kappa shape index (κ3) is 6.47. The van der Waals surface area contributed by atoms with Crippen LogP contribution in [-0.4, -0.2) is 33.2 Å². The minimum absolute atomic E-state index is 0.00991. The quantitative estimate of drug-likeness (QED) is 0.615. The van der Waals surface area contributed by atoms with E-state index in [1.54, 1.807) is 6.92 Å². The van der Waals surface area contributed by atoms with E-state index in [9.17, 15) is 14.4 Å². The van der Waals surface area contributed by atoms with E-state index in [0.717, 1.165) is 0 Å². The molecule has 0 aliphatic rings. The second-order valence-electron chi connectivity index (χ2n) is 4.07. The molecule has 0 aliphatic heterocycles. The Morgan fingerprint density at radius 2 is 1.95 bits per heavy atom. The highest BCUT2D eigenvalue weighted by molar-refractivity contribution is 5.94. The maximum atomic E-state index is 11.3. The fraction of sp³-hybridized carbons (Fsp3) is 0.545. The number of nitrogens with zero attached hydrogens (tertiary/aromatic N) is 2. The molecule has 1 aromatic heterocycles. The normalized spacial score (nSPS) is 10.1. The van der Waals surface area contributed by atoms with Gasteiger partial charge in [-0.1, -0.05) is 5.16 Å². The molecule has 3 amide bonds. The zero-order chi connectivity index (χ0) is 15.0. The van der Waals surface area contributed by atoms with E-state index in [1.807, 2.05) is 0 Å². The molecule has 9 heteroatoms. The zero-order valence-electron chi connectivity index (χ0n) is 11.0. The Morgan fingerprint density at radius 3 is 2.55 bits per heavy atom. The van der Waals surface area contributed by atoms with Crippen molar-refractivity contribution in [3.05, 3.63) is 11.7 Å². The van der Waals surface area contributed by atoms with Crippen molar-refractivity contribution in [2.45, 2.75) is 39.2 Å². The number of nitrogens with one attached hydrogen (secondary N) is 2. The number of unbranched alkanes of at least 4 members (excludes halogenated alkanes) is 1. The summed E-state index contributed by atoms with van der Waals surface area (Å²) in [6.07, 6.45) is 0.913. The SMILES string of the molecule is Cc1noc(CNC(=O)NC(=O)CCCCC(=O)O)n1. The molecule has 0 bridgehead atoms. The minimum atomic E-state index is -0.905. The van der Waals surface area contributed by atoms with Crippen LogP contribution in [0.1, 0.15) is 37.4 Å². The highest BCUT2D eigenvalue weighted by Gasteiger charge is 2.09. The van der Waals surface area contributed by atoms with E-state index < -0.39 is 17.9 Å². The number of aromatic nitrogens is 2. The molecule has 0 fully saturated rings. The molecular formula is C11H16N4O5. The lowest BCUT2D eigenvalue weighted by atomic mass is 10.2. The number of aryl methyl sites for hydroxylation is 1. The summed E-state index contributed by atoms with van der Waals surface area (Å²) in [6.45, 7) is 1.67. The molecule has 3 N–H and O–H groups in total. The Balaban J connectivity index is 2.14. The van der Waals surface area contributed by atoms with Gasteiger partial charge >= 0.3 is 12.0 Å². The highest BCUT2D eigenvalue weighted by atomic mass is 16.5. The van der Waals surface area contributed by atoms with Crippen LogP contribution in [0.4, 0.5) is 4.79 Å². The Kier molecular flexibility index (Phi) is 6.14.